The van der Waals surface area contributed by atoms with Crippen LogP contribution in [-0.2, 0) is 6.54 Å². The van der Waals surface area contributed by atoms with Gasteiger partial charge in [0.15, 0.2) is 0 Å². The van der Waals surface area contributed by atoms with Gasteiger partial charge in [-0.25, -0.2) is 0 Å². The number of benzene rings is 1. The van der Waals surface area contributed by atoms with Gasteiger partial charge in [0.05, 0.1) is 0 Å². The van der Waals surface area contributed by atoms with Crippen LogP contribution >= 0.6 is 11.6 Å². The molecule has 2 nitrogen and oxygen atoms in total. The fourth-order valence-electron chi connectivity index (χ4n) is 2.35. The molecule has 0 bridgehead atoms. The zero-order chi connectivity index (χ0) is 15.8. The van der Waals surface area contributed by atoms with Gasteiger partial charge in [-0.05, 0) is 36.7 Å². The van der Waals surface area contributed by atoms with Gasteiger partial charge in [0.1, 0.15) is 0 Å². The maximum Gasteiger partial charge on any atom is 0.0427 e. The van der Waals surface area contributed by atoms with Crippen molar-refractivity contribution in [2.24, 2.45) is 5.92 Å². The van der Waals surface area contributed by atoms with Crippen LogP contribution in [0, 0.1) is 5.92 Å². The van der Waals surface area contributed by atoms with Gasteiger partial charge in [0, 0.05) is 30.4 Å². The van der Waals surface area contributed by atoms with E-state index < -0.39 is 0 Å². The predicted molar refractivity (Wildman–Crippen MR) is 93.6 cm³/mol. The van der Waals surface area contributed by atoms with Crippen LogP contribution in [0.4, 0.5) is 0 Å². The fraction of sp³-hybridized carbons (Fsp3) is 0.556. The molecule has 0 saturated heterocycles. The molecule has 0 heterocycles. The van der Waals surface area contributed by atoms with E-state index >= 15 is 0 Å². The maximum atomic E-state index is 6.09. The van der Waals surface area contributed by atoms with E-state index in [-0.39, 0.29) is 0 Å². The Balaban J connectivity index is 2.75. The highest BCUT2D eigenvalue weighted by atomic mass is 35.5. The molecule has 0 spiro atoms. The lowest BCUT2D eigenvalue weighted by Crippen LogP contribution is -2.35. The van der Waals surface area contributed by atoms with Crippen LogP contribution in [0.5, 0.6) is 0 Å². The number of halogens is 1. The average molecular weight is 309 g/mol. The van der Waals surface area contributed by atoms with Crippen LogP contribution in [0.2, 0.25) is 5.02 Å². The van der Waals surface area contributed by atoms with Crippen LogP contribution < -0.4 is 0 Å². The summed E-state index contributed by atoms with van der Waals surface area (Å²) in [5.74, 6) is 0.459. The van der Waals surface area contributed by atoms with Crippen molar-refractivity contribution in [2.75, 3.05) is 26.2 Å². The van der Waals surface area contributed by atoms with Gasteiger partial charge >= 0.3 is 0 Å². The molecule has 0 aliphatic carbocycles. The zero-order valence-electron chi connectivity index (χ0n) is 13.9. The first-order valence-electron chi connectivity index (χ1n) is 7.88. The van der Waals surface area contributed by atoms with Crippen molar-refractivity contribution in [2.45, 2.75) is 34.2 Å². The molecule has 0 aliphatic heterocycles. The van der Waals surface area contributed by atoms with E-state index in [0.29, 0.717) is 5.92 Å². The molecule has 0 radical (unpaired) electrons. The number of allylic oxidation sites excluding steroid dienone is 1. The monoisotopic (exact) mass is 308 g/mol. The minimum atomic E-state index is 0.459. The Bertz CT molecular complexity index is 439. The molecule has 118 valence electrons. The van der Waals surface area contributed by atoms with Crippen molar-refractivity contribution >= 4 is 11.6 Å². The van der Waals surface area contributed by atoms with Gasteiger partial charge in [-0.2, -0.15) is 0 Å². The predicted octanol–water partition coefficient (Wildman–Crippen LogP) is 4.65. The molecule has 0 unspecified atom stereocenters. The number of likely N-dealkylation sites (N-methyl/N-ethyl adjacent to an activating group) is 1. The summed E-state index contributed by atoms with van der Waals surface area (Å²) in [4.78, 5) is 4.83. The smallest absolute Gasteiger partial charge is 0.0427 e. The highest BCUT2D eigenvalue weighted by Crippen LogP contribution is 2.18. The third-order valence-electron chi connectivity index (χ3n) is 3.92. The molecule has 1 aromatic carbocycles. The Morgan fingerprint density at radius 2 is 1.86 bits per heavy atom. The number of hydrogen-bond acceptors (Lipinski definition) is 2. The lowest BCUT2D eigenvalue weighted by molar-refractivity contribution is 0.231. The van der Waals surface area contributed by atoms with Crippen molar-refractivity contribution in [3.63, 3.8) is 0 Å². The van der Waals surface area contributed by atoms with Crippen LogP contribution in [0.1, 0.15) is 33.3 Å². The van der Waals surface area contributed by atoms with E-state index in [0.717, 1.165) is 37.7 Å². The first-order chi connectivity index (χ1) is 9.97. The molecular weight excluding hydrogens is 280 g/mol. The Kier molecular flexibility index (Phi) is 7.84. The lowest BCUT2D eigenvalue weighted by atomic mass is 10.1. The van der Waals surface area contributed by atoms with Crippen molar-refractivity contribution in [3.05, 3.63) is 47.1 Å². The van der Waals surface area contributed by atoms with Crippen LogP contribution in [0.3, 0.4) is 0 Å². The van der Waals surface area contributed by atoms with Crippen LogP contribution in [0.25, 0.3) is 0 Å². The summed E-state index contributed by atoms with van der Waals surface area (Å²) in [5.41, 5.74) is 2.44. The molecule has 0 fully saturated rings. The second kappa shape index (κ2) is 9.11. The minimum absolute atomic E-state index is 0.459. The maximum absolute atomic E-state index is 6.09. The summed E-state index contributed by atoms with van der Waals surface area (Å²) >= 11 is 6.09. The largest absolute Gasteiger partial charge is 0.369 e. The summed E-state index contributed by atoms with van der Waals surface area (Å²) in [5, 5.41) is 0.798. The number of rotatable bonds is 9. The molecule has 1 aromatic rings. The first-order valence-corrected chi connectivity index (χ1v) is 8.26. The molecule has 21 heavy (non-hydrogen) atoms. The Hall–Kier alpha value is -0.990. The molecule has 0 aromatic heterocycles. The standard InChI is InChI=1S/C18H29ClN2/c1-6-20(7-2)11-12-21(16(5)15(3)4)14-17-9-8-10-18(19)13-17/h8-10,13,15H,5-7,11-12,14H2,1-4H3. The molecule has 0 saturated carbocycles. The SMILES string of the molecule is C=C(C(C)C)N(CCN(CC)CC)Cc1cccc(Cl)c1. The van der Waals surface area contributed by atoms with Gasteiger partial charge in [0.2, 0.25) is 0 Å². The fourth-order valence-corrected chi connectivity index (χ4v) is 2.56. The second-order valence-electron chi connectivity index (χ2n) is 5.72. The summed E-state index contributed by atoms with van der Waals surface area (Å²) in [6.07, 6.45) is 0. The van der Waals surface area contributed by atoms with Gasteiger partial charge < -0.3 is 9.80 Å². The summed E-state index contributed by atoms with van der Waals surface area (Å²) < 4.78 is 0. The number of nitrogens with zero attached hydrogens (tertiary/aromatic N) is 2. The van der Waals surface area contributed by atoms with E-state index in [1.54, 1.807) is 0 Å². The van der Waals surface area contributed by atoms with Gasteiger partial charge in [-0.3, -0.25) is 0 Å². The van der Waals surface area contributed by atoms with Crippen molar-refractivity contribution in [1.29, 1.82) is 0 Å². The lowest BCUT2D eigenvalue weighted by Gasteiger charge is -2.31. The van der Waals surface area contributed by atoms with E-state index in [2.05, 4.69) is 50.1 Å². The molecule has 0 amide bonds. The van der Waals surface area contributed by atoms with Crippen molar-refractivity contribution in [3.8, 4) is 0 Å². The highest BCUT2D eigenvalue weighted by Gasteiger charge is 2.13. The van der Waals surface area contributed by atoms with E-state index in [1.165, 1.54) is 11.3 Å². The normalized spacial score (nSPS) is 11.2. The molecular formula is C18H29ClN2. The Morgan fingerprint density at radius 1 is 1.19 bits per heavy atom. The third kappa shape index (κ3) is 6.11. The minimum Gasteiger partial charge on any atom is -0.369 e. The molecule has 0 N–H and O–H groups in total. The van der Waals surface area contributed by atoms with Crippen molar-refractivity contribution in [1.82, 2.24) is 9.80 Å². The van der Waals surface area contributed by atoms with Gasteiger partial charge in [0.25, 0.3) is 0 Å². The Labute approximate surface area is 135 Å². The topological polar surface area (TPSA) is 6.48 Å². The quantitative estimate of drug-likeness (QED) is 0.655. The summed E-state index contributed by atoms with van der Waals surface area (Å²) in [7, 11) is 0. The van der Waals surface area contributed by atoms with E-state index in [9.17, 15) is 0 Å². The van der Waals surface area contributed by atoms with E-state index in [4.69, 9.17) is 11.6 Å². The number of hydrogen-bond donors (Lipinski definition) is 0. The van der Waals surface area contributed by atoms with Crippen LogP contribution in [0.15, 0.2) is 36.5 Å². The van der Waals surface area contributed by atoms with Crippen LogP contribution in [-0.4, -0.2) is 36.0 Å². The third-order valence-corrected chi connectivity index (χ3v) is 4.15. The molecule has 0 aliphatic rings. The molecule has 3 heteroatoms. The van der Waals surface area contributed by atoms with Crippen molar-refractivity contribution < 1.29 is 0 Å². The second-order valence-corrected chi connectivity index (χ2v) is 6.16. The molecule has 0 atom stereocenters. The Morgan fingerprint density at radius 3 is 2.38 bits per heavy atom. The summed E-state index contributed by atoms with van der Waals surface area (Å²) in [6, 6.07) is 8.10. The zero-order valence-corrected chi connectivity index (χ0v) is 14.7. The van der Waals surface area contributed by atoms with Gasteiger partial charge in [-0.1, -0.05) is 58.0 Å². The van der Waals surface area contributed by atoms with Gasteiger partial charge in [-0.15, -0.1) is 0 Å². The average Bonchev–Trinajstić information content (AvgIpc) is 2.46. The van der Waals surface area contributed by atoms with E-state index in [1.807, 2.05) is 18.2 Å². The first kappa shape index (κ1) is 18.1. The highest BCUT2D eigenvalue weighted by molar-refractivity contribution is 6.30. The molecule has 1 rings (SSSR count). The summed E-state index contributed by atoms with van der Waals surface area (Å²) in [6.45, 7) is 18.2.